The van der Waals surface area contributed by atoms with E-state index in [1.54, 1.807) is 12.1 Å². The first-order valence-corrected chi connectivity index (χ1v) is 9.24. The number of carbonyl (C=O) groups is 2. The van der Waals surface area contributed by atoms with E-state index in [4.69, 9.17) is 4.74 Å². The molecule has 0 aliphatic heterocycles. The minimum absolute atomic E-state index is 0.0122. The summed E-state index contributed by atoms with van der Waals surface area (Å²) >= 11 is 0. The molecule has 27 heavy (non-hydrogen) atoms. The maximum absolute atomic E-state index is 12.3. The van der Waals surface area contributed by atoms with Crippen LogP contribution in [0.15, 0.2) is 66.7 Å². The number of aryl methyl sites for hydroxylation is 1. The van der Waals surface area contributed by atoms with Crippen LogP contribution in [0.1, 0.15) is 40.4 Å². The number of ether oxygens (including phenoxy) is 1. The molecule has 0 heterocycles. The van der Waals surface area contributed by atoms with Crippen LogP contribution >= 0.6 is 0 Å². The van der Waals surface area contributed by atoms with E-state index < -0.39 is 5.97 Å². The fourth-order valence-corrected chi connectivity index (χ4v) is 3.67. The van der Waals surface area contributed by atoms with Crippen molar-refractivity contribution in [2.45, 2.75) is 25.3 Å². The van der Waals surface area contributed by atoms with Gasteiger partial charge < -0.3 is 10.1 Å². The highest BCUT2D eigenvalue weighted by molar-refractivity contribution is 5.96. The maximum atomic E-state index is 12.3. The highest BCUT2D eigenvalue weighted by Crippen LogP contribution is 2.29. The molecule has 4 nitrogen and oxygen atoms in total. The van der Waals surface area contributed by atoms with Crippen molar-refractivity contribution in [2.75, 3.05) is 6.61 Å². The first kappa shape index (κ1) is 17.3. The minimum Gasteiger partial charge on any atom is -0.452 e. The lowest BCUT2D eigenvalue weighted by Crippen LogP contribution is -2.34. The molecule has 1 aliphatic carbocycles. The van der Waals surface area contributed by atoms with Crippen LogP contribution in [-0.4, -0.2) is 18.5 Å². The van der Waals surface area contributed by atoms with Crippen molar-refractivity contribution in [1.82, 2.24) is 5.32 Å². The molecule has 1 amide bonds. The van der Waals surface area contributed by atoms with E-state index in [1.165, 1.54) is 5.56 Å². The highest BCUT2D eigenvalue weighted by Gasteiger charge is 2.22. The van der Waals surface area contributed by atoms with Gasteiger partial charge in [0.25, 0.3) is 5.91 Å². The summed E-state index contributed by atoms with van der Waals surface area (Å²) in [5.41, 5.74) is 2.89. The lowest BCUT2D eigenvalue weighted by Gasteiger charge is -2.26. The first-order chi connectivity index (χ1) is 13.2. The summed E-state index contributed by atoms with van der Waals surface area (Å²) in [5, 5.41) is 5.02. The summed E-state index contributed by atoms with van der Waals surface area (Å²) in [6.45, 7) is -0.273. The Morgan fingerprint density at radius 2 is 1.74 bits per heavy atom. The smallest absolute Gasteiger partial charge is 0.338 e. The van der Waals surface area contributed by atoms with Crippen LogP contribution in [0.5, 0.6) is 0 Å². The molecule has 0 bridgehead atoms. The molecule has 136 valence electrons. The first-order valence-electron chi connectivity index (χ1n) is 9.24. The molecule has 0 saturated carbocycles. The second-order valence-corrected chi connectivity index (χ2v) is 6.85. The molecule has 0 spiro atoms. The van der Waals surface area contributed by atoms with Gasteiger partial charge in [0.2, 0.25) is 0 Å². The second kappa shape index (κ2) is 7.62. The van der Waals surface area contributed by atoms with Crippen LogP contribution in [0.3, 0.4) is 0 Å². The van der Waals surface area contributed by atoms with Crippen molar-refractivity contribution in [3.63, 3.8) is 0 Å². The summed E-state index contributed by atoms with van der Waals surface area (Å²) in [5.74, 6) is -0.759. The molecular weight excluding hydrogens is 338 g/mol. The number of hydrogen-bond acceptors (Lipinski definition) is 3. The molecule has 1 atom stereocenters. The molecule has 0 fully saturated rings. The monoisotopic (exact) mass is 359 g/mol. The molecule has 3 aromatic rings. The van der Waals surface area contributed by atoms with Gasteiger partial charge in [0.1, 0.15) is 0 Å². The molecule has 0 aromatic heterocycles. The van der Waals surface area contributed by atoms with Crippen molar-refractivity contribution < 1.29 is 14.3 Å². The Morgan fingerprint density at radius 3 is 2.63 bits per heavy atom. The Morgan fingerprint density at radius 1 is 0.963 bits per heavy atom. The Labute approximate surface area is 158 Å². The Hall–Kier alpha value is -3.14. The van der Waals surface area contributed by atoms with Gasteiger partial charge in [-0.05, 0) is 53.3 Å². The average molecular weight is 359 g/mol. The normalized spacial score (nSPS) is 15.8. The van der Waals surface area contributed by atoms with Gasteiger partial charge in [0.15, 0.2) is 6.61 Å². The third-order valence-corrected chi connectivity index (χ3v) is 5.02. The van der Waals surface area contributed by atoms with Gasteiger partial charge in [0.05, 0.1) is 11.6 Å². The topological polar surface area (TPSA) is 55.4 Å². The lowest BCUT2D eigenvalue weighted by molar-refractivity contribution is -0.125. The summed E-state index contributed by atoms with van der Waals surface area (Å²) in [6, 6.07) is 21.4. The molecule has 0 radical (unpaired) electrons. The van der Waals surface area contributed by atoms with Gasteiger partial charge in [-0.1, -0.05) is 54.6 Å². The van der Waals surface area contributed by atoms with Gasteiger partial charge in [-0.15, -0.1) is 0 Å². The summed E-state index contributed by atoms with van der Waals surface area (Å²) in [7, 11) is 0. The molecule has 1 aliphatic rings. The Bertz CT molecular complexity index is 996. The van der Waals surface area contributed by atoms with E-state index in [0.29, 0.717) is 5.56 Å². The molecular formula is C23H21NO3. The number of fused-ring (bicyclic) bond motifs is 2. The largest absolute Gasteiger partial charge is 0.452 e. The predicted octanol–water partition coefficient (Wildman–Crippen LogP) is 4.19. The van der Waals surface area contributed by atoms with Gasteiger partial charge in [-0.3, -0.25) is 4.79 Å². The Kier molecular flexibility index (Phi) is 4.88. The van der Waals surface area contributed by atoms with E-state index in [1.807, 2.05) is 42.5 Å². The van der Waals surface area contributed by atoms with Crippen molar-refractivity contribution in [1.29, 1.82) is 0 Å². The van der Waals surface area contributed by atoms with Crippen LogP contribution < -0.4 is 5.32 Å². The number of nitrogens with one attached hydrogen (secondary N) is 1. The van der Waals surface area contributed by atoms with Gasteiger partial charge >= 0.3 is 5.97 Å². The van der Waals surface area contributed by atoms with Crippen LogP contribution in [0.25, 0.3) is 10.8 Å². The van der Waals surface area contributed by atoms with Crippen molar-refractivity contribution >= 4 is 22.6 Å². The van der Waals surface area contributed by atoms with E-state index in [0.717, 1.165) is 35.6 Å². The zero-order valence-corrected chi connectivity index (χ0v) is 15.0. The molecule has 4 rings (SSSR count). The molecule has 0 unspecified atom stereocenters. The standard InChI is InChI=1S/C23H21NO3/c25-22(24-21-11-5-9-17-7-3-4-10-20(17)21)15-27-23(26)19-13-12-16-6-1-2-8-18(16)14-19/h1-4,6-8,10,12-14,21H,5,9,11,15H2,(H,24,25)/t21-/m1/s1. The van der Waals surface area contributed by atoms with E-state index >= 15 is 0 Å². The van der Waals surface area contributed by atoms with E-state index in [-0.39, 0.29) is 18.6 Å². The second-order valence-electron chi connectivity index (χ2n) is 6.85. The van der Waals surface area contributed by atoms with Crippen LogP contribution in [0, 0.1) is 0 Å². The van der Waals surface area contributed by atoms with Crippen molar-refractivity contribution in [2.24, 2.45) is 0 Å². The molecule has 0 saturated heterocycles. The molecule has 3 aromatic carbocycles. The number of carbonyl (C=O) groups excluding carboxylic acids is 2. The van der Waals surface area contributed by atoms with Crippen molar-refractivity contribution in [3.8, 4) is 0 Å². The van der Waals surface area contributed by atoms with E-state index in [9.17, 15) is 9.59 Å². The number of hydrogen-bond donors (Lipinski definition) is 1. The predicted molar refractivity (Wildman–Crippen MR) is 104 cm³/mol. The zero-order chi connectivity index (χ0) is 18.6. The van der Waals surface area contributed by atoms with Crippen LogP contribution in [0.4, 0.5) is 0 Å². The number of benzene rings is 3. The fraction of sp³-hybridized carbons (Fsp3) is 0.217. The zero-order valence-electron chi connectivity index (χ0n) is 15.0. The Balaban J connectivity index is 1.37. The third-order valence-electron chi connectivity index (χ3n) is 5.02. The summed E-state index contributed by atoms with van der Waals surface area (Å²) in [6.07, 6.45) is 2.99. The SMILES string of the molecule is O=C(COC(=O)c1ccc2ccccc2c1)N[C@@H]1CCCc2ccccc21. The summed E-state index contributed by atoms with van der Waals surface area (Å²) < 4.78 is 5.22. The average Bonchev–Trinajstić information content (AvgIpc) is 2.72. The number of rotatable bonds is 4. The molecule has 4 heteroatoms. The quantitative estimate of drug-likeness (QED) is 0.711. The van der Waals surface area contributed by atoms with Gasteiger partial charge in [0, 0.05) is 0 Å². The van der Waals surface area contributed by atoms with Gasteiger partial charge in [-0.25, -0.2) is 4.79 Å². The minimum atomic E-state index is -0.486. The van der Waals surface area contributed by atoms with Crippen molar-refractivity contribution in [3.05, 3.63) is 83.4 Å². The van der Waals surface area contributed by atoms with Gasteiger partial charge in [-0.2, -0.15) is 0 Å². The summed E-state index contributed by atoms with van der Waals surface area (Å²) in [4.78, 5) is 24.6. The van der Waals surface area contributed by atoms with Crippen LogP contribution in [-0.2, 0) is 16.0 Å². The number of esters is 1. The fourth-order valence-electron chi connectivity index (χ4n) is 3.67. The third kappa shape index (κ3) is 3.85. The van der Waals surface area contributed by atoms with Crippen LogP contribution in [0.2, 0.25) is 0 Å². The molecule has 1 N–H and O–H groups in total. The van der Waals surface area contributed by atoms with E-state index in [2.05, 4.69) is 17.4 Å². The number of amides is 1. The maximum Gasteiger partial charge on any atom is 0.338 e. The highest BCUT2D eigenvalue weighted by atomic mass is 16.5. The lowest BCUT2D eigenvalue weighted by atomic mass is 9.88.